The van der Waals surface area contributed by atoms with Gasteiger partial charge in [0.15, 0.2) is 44.6 Å². The molecule has 7 aliphatic heterocycles. The molecule has 2 fully saturated rings. The number of hydrogen-bond acceptors (Lipinski definition) is 20. The van der Waals surface area contributed by atoms with E-state index in [1.54, 1.807) is 120 Å². The second-order valence-electron chi connectivity index (χ2n) is 26.1. The van der Waals surface area contributed by atoms with Crippen molar-refractivity contribution in [2.75, 3.05) is 138 Å². The summed E-state index contributed by atoms with van der Waals surface area (Å²) in [4.78, 5) is 135. The number of carbonyl (C=O) groups excluding carboxylic acids is 9. The third-order valence-electron chi connectivity index (χ3n) is 18.9. The highest BCUT2D eigenvalue weighted by Gasteiger charge is 2.33. The Hall–Kier alpha value is -13.0. The summed E-state index contributed by atoms with van der Waals surface area (Å²) < 4.78 is 65.2. The van der Waals surface area contributed by atoms with E-state index in [1.165, 1.54) is 0 Å². The molecule has 0 aliphatic carbocycles. The summed E-state index contributed by atoms with van der Waals surface area (Å²) >= 11 is 6.68. The van der Waals surface area contributed by atoms with Crippen LogP contribution < -0.4 is 65.0 Å². The minimum absolute atomic E-state index is 0.00895. The zero-order valence-electron chi connectivity index (χ0n) is 67.4. The third-order valence-corrected chi connectivity index (χ3v) is 19.9. The Morgan fingerprint density at radius 2 is 0.975 bits per heavy atom. The van der Waals surface area contributed by atoms with E-state index >= 15 is 0 Å². The monoisotopic (exact) mass is 1770 g/mol. The Morgan fingerprint density at radius 3 is 1.44 bits per heavy atom. The highest BCUT2D eigenvalue weighted by Crippen LogP contribution is 2.40. The second kappa shape index (κ2) is 45.5. The lowest BCUT2D eigenvalue weighted by molar-refractivity contribution is -0.145. The summed E-state index contributed by atoms with van der Waals surface area (Å²) in [5.74, 6) is 2.05. The van der Waals surface area contributed by atoms with Crippen LogP contribution in [-0.2, 0) is 38.4 Å². The minimum atomic E-state index is -1.00. The quantitative estimate of drug-likeness (QED) is 0.0194. The molecule has 628 valence electrons. The molecule has 7 aromatic carbocycles. The summed E-state index contributed by atoms with van der Waals surface area (Å²) in [5, 5.41) is 32.5. The van der Waals surface area contributed by atoms with Crippen molar-refractivity contribution in [3.63, 3.8) is 0 Å². The maximum atomic E-state index is 12.6. The number of aromatic nitrogens is 2. The number of nitrogens with zero attached hydrogens (tertiary/aromatic N) is 10. The number of rotatable bonds is 14. The Bertz CT molecular complexity index is 5020. The second-order valence-corrected chi connectivity index (χ2v) is 27.9. The number of anilines is 5. The van der Waals surface area contributed by atoms with Gasteiger partial charge in [-0.05, 0) is 163 Å². The summed E-state index contributed by atoms with van der Waals surface area (Å²) in [6.07, 6.45) is 2.32. The number of carbonyl (C=O) groups is 10. The topological polar surface area (TPSA) is 394 Å². The summed E-state index contributed by atoms with van der Waals surface area (Å²) in [6.45, 7) is 19.2. The molecule has 0 spiro atoms. The number of likely N-dealkylation sites (N-methyl/N-ethyl adjacent to an activating group) is 4. The van der Waals surface area contributed by atoms with Crippen LogP contribution in [-0.4, -0.2) is 208 Å². The first kappa shape index (κ1) is 88.3. The van der Waals surface area contributed by atoms with Gasteiger partial charge in [-0.15, -0.1) is 0 Å². The fraction of sp³-hybridized carbons (Fsp3) is 0.325. The summed E-state index contributed by atoms with van der Waals surface area (Å²) in [5.41, 5.74) is 12.1. The van der Waals surface area contributed by atoms with E-state index in [0.29, 0.717) is 141 Å². The van der Waals surface area contributed by atoms with Crippen LogP contribution in [0, 0.1) is 12.5 Å². The van der Waals surface area contributed by atoms with Crippen molar-refractivity contribution >= 4 is 131 Å². The fourth-order valence-corrected chi connectivity index (χ4v) is 13.5. The van der Waals surface area contributed by atoms with Crippen molar-refractivity contribution < 1.29 is 98.0 Å². The number of aliphatic carboxylic acids is 1. The number of oxime groups is 1. The molecule has 0 radical (unpaired) electrons. The Kier molecular flexibility index (Phi) is 33.7. The van der Waals surface area contributed by atoms with Gasteiger partial charge in [0, 0.05) is 89.5 Å². The van der Waals surface area contributed by atoms with Gasteiger partial charge in [0.25, 0.3) is 41.4 Å². The molecule has 32 nitrogen and oxygen atoms in total. The van der Waals surface area contributed by atoms with Crippen molar-refractivity contribution in [2.45, 2.75) is 59.3 Å². The highest BCUT2D eigenvalue weighted by atomic mass is 79.9. The van der Waals surface area contributed by atoms with Gasteiger partial charge in [-0.25, -0.2) is 4.85 Å². The molecule has 1 aromatic heterocycles. The van der Waals surface area contributed by atoms with Gasteiger partial charge >= 0.3 is 5.97 Å². The molecule has 0 bridgehead atoms. The number of fused-ring (bicyclic) bond motifs is 5. The first-order valence-electron chi connectivity index (χ1n) is 38.8. The summed E-state index contributed by atoms with van der Waals surface area (Å²) in [6, 6.07) is 44.3. The minimum Gasteiger partial charge on any atom is -0.483 e. The van der Waals surface area contributed by atoms with Gasteiger partial charge in [0.2, 0.25) is 23.5 Å². The number of amidine groups is 1. The average Bonchev–Trinajstić information content (AvgIpc) is 1.73. The molecule has 8 aromatic rings. The van der Waals surface area contributed by atoms with E-state index in [9.17, 15) is 56.7 Å². The zero-order chi connectivity index (χ0) is 87.7. The average molecular weight is 1770 g/mol. The van der Waals surface area contributed by atoms with Gasteiger partial charge in [0.05, 0.1) is 71.1 Å². The van der Waals surface area contributed by atoms with Crippen molar-refractivity contribution in [1.29, 1.82) is 0 Å². The van der Waals surface area contributed by atoms with Gasteiger partial charge in [0.1, 0.15) is 28.7 Å². The molecule has 15 rings (SSSR count). The number of amides is 9. The van der Waals surface area contributed by atoms with E-state index in [2.05, 4.69) is 68.0 Å². The lowest BCUT2D eigenvalue weighted by Crippen LogP contribution is -2.45. The molecule has 0 atom stereocenters. The first-order valence-corrected chi connectivity index (χ1v) is 38.9. The van der Waals surface area contributed by atoms with Gasteiger partial charge in [-0.3, -0.25) is 56.7 Å². The lowest BCUT2D eigenvalue weighted by atomic mass is 9.96. The zero-order valence-corrected chi connectivity index (χ0v) is 68.6. The predicted octanol–water partition coefficient (Wildman–Crippen LogP) is 11.0. The van der Waals surface area contributed by atoms with E-state index in [-0.39, 0.29) is 117 Å². The van der Waals surface area contributed by atoms with E-state index < -0.39 is 20.3 Å². The van der Waals surface area contributed by atoms with Crippen LogP contribution in [0.2, 0.25) is 0 Å². The van der Waals surface area contributed by atoms with Crippen molar-refractivity contribution in [3.05, 3.63) is 195 Å². The van der Waals surface area contributed by atoms with E-state index in [1.807, 2.05) is 88.4 Å². The van der Waals surface area contributed by atoms with Crippen LogP contribution in [0.25, 0.3) is 16.2 Å². The smallest absolute Gasteiger partial charge is 0.306 e. The maximum absolute atomic E-state index is 12.6. The normalized spacial score (nSPS) is 15.1. The van der Waals surface area contributed by atoms with Crippen LogP contribution >= 0.6 is 31.9 Å². The molecular weight excluding hydrogens is 1680 g/mol. The van der Waals surface area contributed by atoms with Crippen LogP contribution in [0.3, 0.4) is 0 Å². The standard InChI is InChI=1S/C26H27N5O5.C15H18N2O4.C11H13N3O3.C11H10N2O2.C10H10BrNO2.C8H6BrNO2.2CH3F/c1-2-31-20-9-8-19(14-21(20)35-16-23(31)33)24-28-26(36-29-24)18-10-12-30(13-11-18)22(32)15-27-25(34)17-6-4-3-5-7-17;18-13(17-8-6-12(7-9-17)15(20)21)10-16-14(19)11-4-2-1-3-5-11;1-2-14-8-4-3-7(11(12)13-16)5-9(8)17-6-10(14)15;1-3-13-9-5-4-8(12-2)6-10(9)15-7-11(13)14;1-2-12-8-4-3-7(11)5-9(8)14-6-10(12)13;9-5-1-2-6-7(3-5)12-4-8(11)10-6;2*1-2/h3-9,14,18H,2,10-13,15-16H2,1H3,(H,27,34);1-5,12H,6-10H2,(H,16,19)(H,20,21);3-5,16H,2,6H2,1H3,(H2,12,13);4-6H,3,7H2,1H3;3-5H,2,6H2,1H3;1-3H,4H2,(H,10,11);2*1H3/i;;;;;;2*1D. The Morgan fingerprint density at radius 1 is 0.563 bits per heavy atom. The largest absolute Gasteiger partial charge is 0.483 e. The molecule has 7 aliphatic rings. The number of alkyl halides is 2. The molecule has 9 amide bonds. The van der Waals surface area contributed by atoms with Crippen molar-refractivity contribution in [3.8, 4) is 40.1 Å². The molecule has 2 saturated heterocycles. The molecule has 36 heteroatoms. The maximum Gasteiger partial charge on any atom is 0.306 e. The van der Waals surface area contributed by atoms with Crippen molar-refractivity contribution in [2.24, 2.45) is 16.8 Å². The van der Waals surface area contributed by atoms with Crippen LogP contribution in [0.15, 0.2) is 170 Å². The third kappa shape index (κ3) is 24.8. The molecule has 0 saturated carbocycles. The number of nitrogens with two attached hydrogens (primary N) is 1. The number of halogens is 4. The number of piperidine rings is 2. The fourth-order valence-electron chi connectivity index (χ4n) is 12.8. The number of carboxylic acids is 1. The number of ether oxygens (including phenoxy) is 5. The number of benzene rings is 7. The van der Waals surface area contributed by atoms with Gasteiger partial charge < -0.3 is 89.6 Å². The van der Waals surface area contributed by atoms with E-state index in [0.717, 1.165) is 43.0 Å². The molecule has 0 unspecified atom stereocenters. The molecule has 8 heterocycles. The van der Waals surface area contributed by atoms with Crippen molar-refractivity contribution in [1.82, 2.24) is 30.6 Å². The van der Waals surface area contributed by atoms with E-state index in [4.69, 9.17) is 53.6 Å². The molecule has 7 N–H and O–H groups in total. The van der Waals surface area contributed by atoms with Crippen LogP contribution in [0.4, 0.5) is 42.9 Å². The number of carboxylic acid groups (broad SMARTS) is 1. The van der Waals surface area contributed by atoms with Crippen LogP contribution in [0.1, 0.15) is 94.2 Å². The SMILES string of the molecule is CCN1C(=O)COc2cc(-c3noc(C4CCN(C(=O)CNC(=O)c5ccccc5)CC4)n3)ccc21.CCN1C(=O)COc2cc(/C(N)=N/O)ccc21.CCN1C(=O)COc2cc(Br)ccc21.O=C(NCC(=O)N1CCC(C(=O)O)CC1)c1ccccc1.O=C1COc2cc(Br)ccc2N1.[2H]CF.[2H]CF.[C-]#[N+]c1ccc2c(c1)OCC(=O)N2CC. The lowest BCUT2D eigenvalue weighted by Gasteiger charge is -2.30. The first-order chi connectivity index (χ1) is 58.3. The molecular formula is C83H90Br2F2N14O18. The number of nitrogens with one attached hydrogen (secondary N) is 3. The molecule has 119 heavy (non-hydrogen) atoms. The van der Waals surface area contributed by atoms with Crippen LogP contribution in [0.5, 0.6) is 28.7 Å². The number of likely N-dealkylation sites (tertiary alicyclic amines) is 2. The predicted molar refractivity (Wildman–Crippen MR) is 445 cm³/mol. The highest BCUT2D eigenvalue weighted by molar-refractivity contribution is 9.10. The van der Waals surface area contributed by atoms with Gasteiger partial charge in [-0.1, -0.05) is 84.6 Å². The van der Waals surface area contributed by atoms with Gasteiger partial charge in [-0.2, -0.15) is 4.98 Å². The Labute approximate surface area is 704 Å². The Balaban J connectivity index is 0.000000186. The number of hydrogen-bond donors (Lipinski definition) is 6. The summed E-state index contributed by atoms with van der Waals surface area (Å²) in [7, 11) is -2.00.